The summed E-state index contributed by atoms with van der Waals surface area (Å²) in [6, 6.07) is 0. The molecule has 0 saturated carbocycles. The highest BCUT2D eigenvalue weighted by atomic mass is 16.5. The highest BCUT2D eigenvalue weighted by molar-refractivity contribution is 5.77. The lowest BCUT2D eigenvalue weighted by molar-refractivity contribution is -0.142. The molecule has 0 aromatic rings. The van der Waals surface area contributed by atoms with E-state index >= 15 is 0 Å². The monoisotopic (exact) mass is 245 g/mol. The number of methoxy groups -OCH3 is 1. The van der Waals surface area contributed by atoms with Crippen molar-refractivity contribution in [1.82, 2.24) is 4.90 Å². The Hall–Kier alpha value is -1.10. The second-order valence-electron chi connectivity index (χ2n) is 4.12. The summed E-state index contributed by atoms with van der Waals surface area (Å²) in [5, 5.41) is 9.31. The number of carbonyl (C=O) groups is 2. The summed E-state index contributed by atoms with van der Waals surface area (Å²) in [7, 11) is 1.32. The lowest BCUT2D eigenvalue weighted by Crippen LogP contribution is -2.38. The van der Waals surface area contributed by atoms with Gasteiger partial charge in [-0.05, 0) is 13.3 Å². The molecule has 0 saturated heterocycles. The third kappa shape index (κ3) is 7.74. The molecule has 0 fully saturated rings. The first-order valence-corrected chi connectivity index (χ1v) is 6.03. The van der Waals surface area contributed by atoms with Crippen molar-refractivity contribution in [2.75, 3.05) is 20.2 Å². The Bertz CT molecular complexity index is 241. The van der Waals surface area contributed by atoms with Crippen LogP contribution in [0.3, 0.4) is 0 Å². The molecule has 0 aliphatic heterocycles. The van der Waals surface area contributed by atoms with E-state index in [9.17, 15) is 14.7 Å². The van der Waals surface area contributed by atoms with Gasteiger partial charge < -0.3 is 14.7 Å². The van der Waals surface area contributed by atoms with Crippen LogP contribution >= 0.6 is 0 Å². The average Bonchev–Trinajstić information content (AvgIpc) is 2.30. The number of hydrogen-bond donors (Lipinski definition) is 1. The molecule has 0 aromatic carbocycles. The summed E-state index contributed by atoms with van der Waals surface area (Å²) in [5.74, 6) is -0.361. The van der Waals surface area contributed by atoms with Crippen molar-refractivity contribution < 1.29 is 19.4 Å². The van der Waals surface area contributed by atoms with Gasteiger partial charge in [-0.25, -0.2) is 0 Å². The van der Waals surface area contributed by atoms with Gasteiger partial charge in [-0.15, -0.1) is 0 Å². The number of carbonyl (C=O) groups excluding carboxylic acids is 2. The Morgan fingerprint density at radius 2 is 2.00 bits per heavy atom. The number of amides is 1. The number of aliphatic hydroxyl groups excluding tert-OH is 1. The zero-order chi connectivity index (χ0) is 13.3. The van der Waals surface area contributed by atoms with Gasteiger partial charge >= 0.3 is 5.97 Å². The van der Waals surface area contributed by atoms with Gasteiger partial charge in [0.05, 0.1) is 19.6 Å². The number of hydrogen-bond acceptors (Lipinski definition) is 4. The van der Waals surface area contributed by atoms with E-state index in [1.165, 1.54) is 12.0 Å². The van der Waals surface area contributed by atoms with E-state index in [-0.39, 0.29) is 24.8 Å². The summed E-state index contributed by atoms with van der Waals surface area (Å²) < 4.78 is 4.53. The lowest BCUT2D eigenvalue weighted by Gasteiger charge is -2.23. The van der Waals surface area contributed by atoms with Crippen LogP contribution in [0.4, 0.5) is 0 Å². The fraction of sp³-hybridized carbons (Fsp3) is 0.833. The van der Waals surface area contributed by atoms with Crippen molar-refractivity contribution in [1.29, 1.82) is 0 Å². The topological polar surface area (TPSA) is 66.8 Å². The Balaban J connectivity index is 4.21. The van der Waals surface area contributed by atoms with Crippen molar-refractivity contribution in [2.45, 2.75) is 45.6 Å². The van der Waals surface area contributed by atoms with Crippen LogP contribution in [0.25, 0.3) is 0 Å². The molecule has 0 aliphatic carbocycles. The molecule has 0 radical (unpaired) electrons. The molecule has 1 atom stereocenters. The molecule has 0 aromatic heterocycles. The van der Waals surface area contributed by atoms with E-state index in [0.29, 0.717) is 13.0 Å². The maximum atomic E-state index is 11.8. The number of ether oxygens (including phenoxy) is 1. The molecule has 17 heavy (non-hydrogen) atoms. The van der Waals surface area contributed by atoms with Crippen LogP contribution in [0, 0.1) is 0 Å². The third-order valence-corrected chi connectivity index (χ3v) is 2.40. The minimum absolute atomic E-state index is 0.0170. The van der Waals surface area contributed by atoms with Crippen LogP contribution in [0.2, 0.25) is 0 Å². The van der Waals surface area contributed by atoms with Gasteiger partial charge in [0.2, 0.25) is 5.91 Å². The fourth-order valence-electron chi connectivity index (χ4n) is 1.45. The van der Waals surface area contributed by atoms with Crippen molar-refractivity contribution in [3.8, 4) is 0 Å². The molecular weight excluding hydrogens is 222 g/mol. The van der Waals surface area contributed by atoms with Gasteiger partial charge in [0.25, 0.3) is 0 Å². The molecule has 1 N–H and O–H groups in total. The summed E-state index contributed by atoms with van der Waals surface area (Å²) >= 11 is 0. The first-order valence-electron chi connectivity index (χ1n) is 6.03. The Morgan fingerprint density at radius 1 is 1.35 bits per heavy atom. The molecule has 100 valence electrons. The summed E-state index contributed by atoms with van der Waals surface area (Å²) in [6.45, 7) is 4.21. The van der Waals surface area contributed by atoms with Crippen LogP contribution in [-0.4, -0.2) is 48.2 Å². The molecule has 0 rings (SSSR count). The predicted molar refractivity (Wildman–Crippen MR) is 64.4 cm³/mol. The standard InChI is InChI=1S/C12H23NO4/c1-4-5-6-11(15)13(9-10(2)14)8-7-12(16)17-3/h10,14H,4-9H2,1-3H3. The zero-order valence-corrected chi connectivity index (χ0v) is 10.9. The Morgan fingerprint density at radius 3 is 2.47 bits per heavy atom. The Kier molecular flexibility index (Phi) is 8.40. The van der Waals surface area contributed by atoms with E-state index < -0.39 is 6.10 Å². The number of nitrogens with zero attached hydrogens (tertiary/aromatic N) is 1. The maximum Gasteiger partial charge on any atom is 0.307 e. The SMILES string of the molecule is CCCCC(=O)N(CCC(=O)OC)CC(C)O. The van der Waals surface area contributed by atoms with Crippen LogP contribution < -0.4 is 0 Å². The van der Waals surface area contributed by atoms with Gasteiger partial charge in [-0.1, -0.05) is 13.3 Å². The highest BCUT2D eigenvalue weighted by Gasteiger charge is 2.16. The maximum absolute atomic E-state index is 11.8. The summed E-state index contributed by atoms with van der Waals surface area (Å²) in [5.41, 5.74) is 0. The zero-order valence-electron chi connectivity index (χ0n) is 10.9. The minimum atomic E-state index is -0.585. The second kappa shape index (κ2) is 8.98. The lowest BCUT2D eigenvalue weighted by atomic mass is 10.2. The molecule has 5 nitrogen and oxygen atoms in total. The second-order valence-corrected chi connectivity index (χ2v) is 4.12. The van der Waals surface area contributed by atoms with Crippen molar-refractivity contribution >= 4 is 11.9 Å². The van der Waals surface area contributed by atoms with Gasteiger partial charge in [0.15, 0.2) is 0 Å². The molecule has 0 bridgehead atoms. The molecule has 5 heteroatoms. The normalized spacial score (nSPS) is 12.0. The van der Waals surface area contributed by atoms with Crippen LogP contribution in [0.1, 0.15) is 39.5 Å². The van der Waals surface area contributed by atoms with E-state index in [0.717, 1.165) is 12.8 Å². The summed E-state index contributed by atoms with van der Waals surface area (Å²) in [6.07, 6.45) is 1.82. The van der Waals surface area contributed by atoms with Crippen LogP contribution in [0.15, 0.2) is 0 Å². The number of aliphatic hydroxyl groups is 1. The molecule has 0 heterocycles. The molecule has 0 spiro atoms. The first-order chi connectivity index (χ1) is 8.01. The van der Waals surface area contributed by atoms with Gasteiger partial charge in [-0.3, -0.25) is 9.59 Å². The van der Waals surface area contributed by atoms with Crippen LogP contribution in [0.5, 0.6) is 0 Å². The van der Waals surface area contributed by atoms with E-state index in [4.69, 9.17) is 0 Å². The van der Waals surface area contributed by atoms with E-state index in [1.807, 2.05) is 6.92 Å². The molecular formula is C12H23NO4. The quantitative estimate of drug-likeness (QED) is 0.646. The predicted octanol–water partition coefficient (Wildman–Crippen LogP) is 0.949. The van der Waals surface area contributed by atoms with Crippen LogP contribution in [-0.2, 0) is 14.3 Å². The van der Waals surface area contributed by atoms with Crippen molar-refractivity contribution in [3.05, 3.63) is 0 Å². The largest absolute Gasteiger partial charge is 0.469 e. The van der Waals surface area contributed by atoms with Crippen molar-refractivity contribution in [2.24, 2.45) is 0 Å². The molecule has 1 amide bonds. The summed E-state index contributed by atoms with van der Waals surface area (Å²) in [4.78, 5) is 24.3. The van der Waals surface area contributed by atoms with Crippen molar-refractivity contribution in [3.63, 3.8) is 0 Å². The Labute approximate surface area is 103 Å². The highest BCUT2D eigenvalue weighted by Crippen LogP contribution is 2.03. The molecule has 1 unspecified atom stereocenters. The molecule has 0 aliphatic rings. The van der Waals surface area contributed by atoms with Gasteiger partial charge in [-0.2, -0.15) is 0 Å². The average molecular weight is 245 g/mol. The minimum Gasteiger partial charge on any atom is -0.469 e. The van der Waals surface area contributed by atoms with Gasteiger partial charge in [0.1, 0.15) is 0 Å². The van der Waals surface area contributed by atoms with E-state index in [2.05, 4.69) is 4.74 Å². The number of esters is 1. The van der Waals surface area contributed by atoms with Gasteiger partial charge in [0, 0.05) is 19.5 Å². The fourth-order valence-corrected chi connectivity index (χ4v) is 1.45. The number of unbranched alkanes of at least 4 members (excludes halogenated alkanes) is 1. The first kappa shape index (κ1) is 15.9. The third-order valence-electron chi connectivity index (χ3n) is 2.40. The number of rotatable bonds is 8. The van der Waals surface area contributed by atoms with E-state index in [1.54, 1.807) is 6.92 Å². The smallest absolute Gasteiger partial charge is 0.307 e.